The third kappa shape index (κ3) is 7.97. The smallest absolute Gasteiger partial charge is 0.328 e. The molecule has 1 aliphatic heterocycles. The molecule has 2 atom stereocenters. The van der Waals surface area contributed by atoms with Crippen molar-refractivity contribution in [2.45, 2.75) is 83.8 Å². The van der Waals surface area contributed by atoms with Crippen LogP contribution in [0, 0.1) is 5.92 Å². The highest BCUT2D eigenvalue weighted by molar-refractivity contribution is 5.95. The summed E-state index contributed by atoms with van der Waals surface area (Å²) in [5.74, 6) is -2.15. The van der Waals surface area contributed by atoms with Crippen molar-refractivity contribution in [2.75, 3.05) is 13.1 Å². The Hall–Kier alpha value is -3.56. The van der Waals surface area contributed by atoms with Gasteiger partial charge < -0.3 is 30.5 Å². The number of urea groups is 1. The van der Waals surface area contributed by atoms with Gasteiger partial charge in [0, 0.05) is 43.7 Å². The van der Waals surface area contributed by atoms with E-state index < -0.39 is 35.4 Å². The summed E-state index contributed by atoms with van der Waals surface area (Å²) in [5, 5.41) is 18.8. The van der Waals surface area contributed by atoms with E-state index in [1.807, 2.05) is 55.9 Å². The Labute approximate surface area is 230 Å². The molecule has 10 nitrogen and oxygen atoms in total. The maximum absolute atomic E-state index is 13.6. The molecule has 0 aliphatic carbocycles. The zero-order valence-corrected chi connectivity index (χ0v) is 23.8. The third-order valence-corrected chi connectivity index (χ3v) is 7.22. The fraction of sp³-hybridized carbons (Fsp3) is 0.586. The first-order valence-corrected chi connectivity index (χ1v) is 13.8. The first-order valence-electron chi connectivity index (χ1n) is 13.8. The molecule has 1 aromatic carbocycles. The molecule has 214 valence electrons. The van der Waals surface area contributed by atoms with E-state index in [0.29, 0.717) is 19.5 Å². The maximum atomic E-state index is 13.6. The van der Waals surface area contributed by atoms with Crippen molar-refractivity contribution in [1.82, 2.24) is 25.4 Å². The SMILES string of the molecule is CC(C)C[C@H](NC(=O)N1CCCCCC1)C(=O)N[C@H](Cc1cn(C)c2ccccc12)C(=O)NC(C)(C)C(=O)O. The minimum atomic E-state index is -1.53. The largest absolute Gasteiger partial charge is 0.480 e. The van der Waals surface area contributed by atoms with Crippen molar-refractivity contribution < 1.29 is 24.3 Å². The second-order valence-electron chi connectivity index (χ2n) is 11.5. The zero-order valence-electron chi connectivity index (χ0n) is 23.8. The van der Waals surface area contributed by atoms with Gasteiger partial charge in [0.1, 0.15) is 17.6 Å². The minimum Gasteiger partial charge on any atom is -0.480 e. The first-order chi connectivity index (χ1) is 18.4. The molecular formula is C29H43N5O5. The number of carboxylic acids is 1. The van der Waals surface area contributed by atoms with Crippen LogP contribution in [0.3, 0.4) is 0 Å². The molecule has 0 bridgehead atoms. The van der Waals surface area contributed by atoms with Crippen LogP contribution < -0.4 is 16.0 Å². The number of aryl methyl sites for hydroxylation is 1. The van der Waals surface area contributed by atoms with Gasteiger partial charge in [-0.2, -0.15) is 0 Å². The van der Waals surface area contributed by atoms with Gasteiger partial charge in [-0.25, -0.2) is 9.59 Å². The van der Waals surface area contributed by atoms with E-state index in [1.165, 1.54) is 13.8 Å². The molecule has 10 heteroatoms. The quantitative estimate of drug-likeness (QED) is 0.367. The number of likely N-dealkylation sites (tertiary alicyclic amines) is 1. The van der Waals surface area contributed by atoms with E-state index in [0.717, 1.165) is 42.1 Å². The Bertz CT molecular complexity index is 1180. The van der Waals surface area contributed by atoms with Gasteiger partial charge in [-0.05, 0) is 50.7 Å². The molecule has 39 heavy (non-hydrogen) atoms. The number of carbonyl (C=O) groups excluding carboxylic acids is 3. The maximum Gasteiger partial charge on any atom is 0.328 e. The Balaban J connectivity index is 1.85. The summed E-state index contributed by atoms with van der Waals surface area (Å²) >= 11 is 0. The van der Waals surface area contributed by atoms with Gasteiger partial charge in [0.25, 0.3) is 0 Å². The van der Waals surface area contributed by atoms with Gasteiger partial charge in [-0.15, -0.1) is 0 Å². The van der Waals surface area contributed by atoms with Gasteiger partial charge in [0.2, 0.25) is 11.8 Å². The summed E-state index contributed by atoms with van der Waals surface area (Å²) < 4.78 is 1.95. The average molecular weight is 542 g/mol. The van der Waals surface area contributed by atoms with Crippen LogP contribution in [-0.4, -0.2) is 69.1 Å². The van der Waals surface area contributed by atoms with Crippen molar-refractivity contribution >= 4 is 34.7 Å². The summed E-state index contributed by atoms with van der Waals surface area (Å²) in [6.07, 6.45) is 6.49. The number of aliphatic carboxylic acids is 1. The zero-order chi connectivity index (χ0) is 28.7. The lowest BCUT2D eigenvalue weighted by atomic mass is 9.99. The van der Waals surface area contributed by atoms with Crippen LogP contribution in [0.5, 0.6) is 0 Å². The van der Waals surface area contributed by atoms with Crippen molar-refractivity contribution in [3.63, 3.8) is 0 Å². The topological polar surface area (TPSA) is 133 Å². The number of amides is 4. The number of fused-ring (bicyclic) bond motifs is 1. The number of carbonyl (C=O) groups is 4. The number of rotatable bonds is 10. The summed E-state index contributed by atoms with van der Waals surface area (Å²) in [6, 6.07) is 5.59. The molecule has 3 rings (SSSR count). The van der Waals surface area contributed by atoms with Gasteiger partial charge in [0.15, 0.2) is 0 Å². The van der Waals surface area contributed by atoms with Gasteiger partial charge in [-0.1, -0.05) is 44.9 Å². The number of hydrogen-bond donors (Lipinski definition) is 4. The predicted octanol–water partition coefficient (Wildman–Crippen LogP) is 3.19. The first kappa shape index (κ1) is 30.0. The molecule has 4 N–H and O–H groups in total. The average Bonchev–Trinajstić information content (AvgIpc) is 3.02. The van der Waals surface area contributed by atoms with Crippen molar-refractivity contribution in [3.05, 3.63) is 36.0 Å². The lowest BCUT2D eigenvalue weighted by molar-refractivity contribution is -0.146. The molecule has 2 aromatic rings. The molecule has 0 radical (unpaired) electrons. The number of para-hydroxylation sites is 1. The van der Waals surface area contributed by atoms with Crippen LogP contribution in [0.2, 0.25) is 0 Å². The van der Waals surface area contributed by atoms with Crippen LogP contribution in [0.4, 0.5) is 4.79 Å². The molecule has 4 amide bonds. The fourth-order valence-electron chi connectivity index (χ4n) is 4.96. The molecule has 0 unspecified atom stereocenters. The summed E-state index contributed by atoms with van der Waals surface area (Å²) in [4.78, 5) is 53.5. The lowest BCUT2D eigenvalue weighted by Crippen LogP contribution is -2.59. The van der Waals surface area contributed by atoms with E-state index in [1.54, 1.807) is 4.90 Å². The van der Waals surface area contributed by atoms with Crippen LogP contribution in [0.15, 0.2) is 30.5 Å². The Kier molecular flexibility index (Phi) is 9.99. The molecule has 1 aliphatic rings. The number of nitrogens with one attached hydrogen (secondary N) is 3. The van der Waals surface area contributed by atoms with E-state index >= 15 is 0 Å². The summed E-state index contributed by atoms with van der Waals surface area (Å²) in [5.41, 5.74) is 0.291. The van der Waals surface area contributed by atoms with Crippen molar-refractivity contribution in [2.24, 2.45) is 13.0 Å². The van der Waals surface area contributed by atoms with Gasteiger partial charge in [0.05, 0.1) is 0 Å². The van der Waals surface area contributed by atoms with Crippen LogP contribution in [0.1, 0.15) is 65.4 Å². The number of aromatic nitrogens is 1. The summed E-state index contributed by atoms with van der Waals surface area (Å²) in [6.45, 7) is 8.03. The molecule has 2 heterocycles. The molecule has 1 aromatic heterocycles. The highest BCUT2D eigenvalue weighted by atomic mass is 16.4. The lowest BCUT2D eigenvalue weighted by Gasteiger charge is -2.29. The highest BCUT2D eigenvalue weighted by Gasteiger charge is 2.34. The molecule has 1 saturated heterocycles. The van der Waals surface area contributed by atoms with Gasteiger partial charge >= 0.3 is 12.0 Å². The number of carboxylic acid groups (broad SMARTS) is 1. The van der Waals surface area contributed by atoms with E-state index in [4.69, 9.17) is 0 Å². The Morgan fingerprint density at radius 1 is 0.949 bits per heavy atom. The predicted molar refractivity (Wildman–Crippen MR) is 150 cm³/mol. The van der Waals surface area contributed by atoms with Crippen molar-refractivity contribution in [3.8, 4) is 0 Å². The standard InChI is InChI=1S/C29H43N5O5/c1-19(2)16-22(31-28(39)34-14-10-6-7-11-15-34)25(35)30-23(26(36)32-29(3,4)27(37)38)17-20-18-33(5)24-13-9-8-12-21(20)24/h8-9,12-13,18-19,22-23H,6-7,10-11,14-17H2,1-5H3,(H,30,35)(H,31,39)(H,32,36)(H,37,38)/t22-,23+/m0/s1. The summed E-state index contributed by atoms with van der Waals surface area (Å²) in [7, 11) is 1.91. The second kappa shape index (κ2) is 13.0. The van der Waals surface area contributed by atoms with Crippen LogP contribution in [-0.2, 0) is 27.9 Å². The normalized spacial score (nSPS) is 15.9. The van der Waals surface area contributed by atoms with Crippen molar-refractivity contribution in [1.29, 1.82) is 0 Å². The number of hydrogen-bond acceptors (Lipinski definition) is 4. The molecule has 0 saturated carbocycles. The molecular weight excluding hydrogens is 498 g/mol. The fourth-order valence-corrected chi connectivity index (χ4v) is 4.96. The number of benzene rings is 1. The van der Waals surface area contributed by atoms with Gasteiger partial charge in [-0.3, -0.25) is 9.59 Å². The van der Waals surface area contributed by atoms with E-state index in [-0.39, 0.29) is 18.4 Å². The third-order valence-electron chi connectivity index (χ3n) is 7.22. The molecule has 0 spiro atoms. The highest BCUT2D eigenvalue weighted by Crippen LogP contribution is 2.22. The van der Waals surface area contributed by atoms with Crippen LogP contribution >= 0.6 is 0 Å². The monoisotopic (exact) mass is 541 g/mol. The molecule has 1 fully saturated rings. The van der Waals surface area contributed by atoms with Crippen LogP contribution in [0.25, 0.3) is 10.9 Å². The Morgan fingerprint density at radius 3 is 2.21 bits per heavy atom. The van der Waals surface area contributed by atoms with E-state index in [2.05, 4.69) is 16.0 Å². The minimum absolute atomic E-state index is 0.112. The second-order valence-corrected chi connectivity index (χ2v) is 11.5. The number of nitrogens with zero attached hydrogens (tertiary/aromatic N) is 2. The Morgan fingerprint density at radius 2 is 1.59 bits per heavy atom. The van der Waals surface area contributed by atoms with E-state index in [9.17, 15) is 24.3 Å².